The Hall–Kier alpha value is -1.35. The van der Waals surface area contributed by atoms with Crippen molar-refractivity contribution >= 4 is 11.6 Å². The highest BCUT2D eigenvalue weighted by Crippen LogP contribution is 2.36. The fraction of sp³-hybridized carbons (Fsp3) is 0.500. The number of nitrogens with one attached hydrogen (secondary N) is 2. The first-order valence-electron chi connectivity index (χ1n) is 6.43. The summed E-state index contributed by atoms with van der Waals surface area (Å²) in [5.74, 6) is 0.144. The molecule has 1 amide bonds. The van der Waals surface area contributed by atoms with E-state index < -0.39 is 0 Å². The Morgan fingerprint density at radius 2 is 2.06 bits per heavy atom. The lowest BCUT2D eigenvalue weighted by molar-refractivity contribution is -0.122. The molecule has 2 heterocycles. The molecule has 90 valence electrons. The Morgan fingerprint density at radius 1 is 1.24 bits per heavy atom. The maximum atomic E-state index is 12.4. The van der Waals surface area contributed by atoms with E-state index in [9.17, 15) is 4.79 Å². The van der Waals surface area contributed by atoms with Crippen LogP contribution in [0, 0.1) is 0 Å². The second-order valence-electron chi connectivity index (χ2n) is 5.17. The summed E-state index contributed by atoms with van der Waals surface area (Å²) in [4.78, 5) is 12.4. The lowest BCUT2D eigenvalue weighted by atomic mass is 9.89. The molecule has 17 heavy (non-hydrogen) atoms. The average molecular weight is 230 g/mol. The van der Waals surface area contributed by atoms with Gasteiger partial charge in [0, 0.05) is 11.7 Å². The monoisotopic (exact) mass is 230 g/mol. The van der Waals surface area contributed by atoms with Crippen molar-refractivity contribution in [1.29, 1.82) is 0 Å². The predicted octanol–water partition coefficient (Wildman–Crippen LogP) is 2.30. The van der Waals surface area contributed by atoms with Crippen LogP contribution in [0.1, 0.15) is 32.1 Å². The molecule has 2 aliphatic heterocycles. The summed E-state index contributed by atoms with van der Waals surface area (Å²) in [6.45, 7) is 0. The van der Waals surface area contributed by atoms with Gasteiger partial charge in [-0.3, -0.25) is 4.79 Å². The first-order valence-corrected chi connectivity index (χ1v) is 6.43. The minimum absolute atomic E-state index is 0.144. The Bertz CT molecular complexity index is 413. The zero-order chi connectivity index (χ0) is 11.7. The van der Waals surface area contributed by atoms with Gasteiger partial charge in [-0.25, -0.2) is 0 Å². The molecule has 0 saturated carbocycles. The summed E-state index contributed by atoms with van der Waals surface area (Å²) >= 11 is 0. The first kappa shape index (κ1) is 10.8. The molecule has 2 fully saturated rings. The number of anilines is 1. The SMILES string of the molecule is O=C(Nc1ccccc1)C12CCCC(CC1)N2. The number of fused-ring (bicyclic) bond motifs is 2. The van der Waals surface area contributed by atoms with Gasteiger partial charge in [-0.15, -0.1) is 0 Å². The van der Waals surface area contributed by atoms with Crippen LogP contribution in [-0.4, -0.2) is 17.5 Å². The highest BCUT2D eigenvalue weighted by Gasteiger charge is 2.46. The molecule has 3 rings (SSSR count). The molecule has 0 radical (unpaired) electrons. The van der Waals surface area contributed by atoms with Crippen LogP contribution >= 0.6 is 0 Å². The topological polar surface area (TPSA) is 41.1 Å². The van der Waals surface area contributed by atoms with Crippen LogP contribution in [0.2, 0.25) is 0 Å². The van der Waals surface area contributed by atoms with Crippen molar-refractivity contribution in [2.45, 2.75) is 43.7 Å². The van der Waals surface area contributed by atoms with Crippen molar-refractivity contribution in [3.63, 3.8) is 0 Å². The average Bonchev–Trinajstić information content (AvgIpc) is 2.67. The molecule has 2 unspecified atom stereocenters. The number of amides is 1. The zero-order valence-electron chi connectivity index (χ0n) is 9.91. The van der Waals surface area contributed by atoms with Crippen molar-refractivity contribution in [2.75, 3.05) is 5.32 Å². The summed E-state index contributed by atoms with van der Waals surface area (Å²) in [5, 5.41) is 6.54. The molecule has 2 N–H and O–H groups in total. The summed E-state index contributed by atoms with van der Waals surface area (Å²) in [6, 6.07) is 10.3. The van der Waals surface area contributed by atoms with Crippen molar-refractivity contribution in [3.8, 4) is 0 Å². The van der Waals surface area contributed by atoms with Gasteiger partial charge in [0.2, 0.25) is 5.91 Å². The molecular formula is C14H18N2O. The number of para-hydroxylation sites is 1. The van der Waals surface area contributed by atoms with E-state index in [1.807, 2.05) is 30.3 Å². The number of rotatable bonds is 2. The van der Waals surface area contributed by atoms with Gasteiger partial charge in [0.25, 0.3) is 0 Å². The van der Waals surface area contributed by atoms with Gasteiger partial charge in [0.05, 0.1) is 5.54 Å². The minimum atomic E-state index is -0.293. The summed E-state index contributed by atoms with van der Waals surface area (Å²) in [5.41, 5.74) is 0.598. The van der Waals surface area contributed by atoms with E-state index in [1.165, 1.54) is 12.8 Å². The van der Waals surface area contributed by atoms with E-state index >= 15 is 0 Å². The zero-order valence-corrected chi connectivity index (χ0v) is 9.91. The Balaban J connectivity index is 1.74. The Labute approximate surface area is 102 Å². The molecule has 3 heteroatoms. The van der Waals surface area contributed by atoms with Crippen LogP contribution in [0.15, 0.2) is 30.3 Å². The fourth-order valence-electron chi connectivity index (χ4n) is 3.08. The van der Waals surface area contributed by atoms with Crippen LogP contribution < -0.4 is 10.6 Å². The second kappa shape index (κ2) is 4.15. The first-order chi connectivity index (χ1) is 8.28. The van der Waals surface area contributed by atoms with Gasteiger partial charge in [0.15, 0.2) is 0 Å². The van der Waals surface area contributed by atoms with E-state index in [2.05, 4.69) is 10.6 Å². The van der Waals surface area contributed by atoms with Crippen LogP contribution in [0.4, 0.5) is 5.69 Å². The number of hydrogen-bond acceptors (Lipinski definition) is 2. The Morgan fingerprint density at radius 3 is 2.88 bits per heavy atom. The molecule has 2 saturated heterocycles. The van der Waals surface area contributed by atoms with Crippen molar-refractivity contribution in [2.24, 2.45) is 0 Å². The minimum Gasteiger partial charge on any atom is -0.324 e. The maximum Gasteiger partial charge on any atom is 0.244 e. The number of carbonyl (C=O) groups is 1. The summed E-state index contributed by atoms with van der Waals surface area (Å²) in [6.07, 6.45) is 5.49. The standard InChI is InChI=1S/C14H18N2O/c17-13(15-11-5-2-1-3-6-11)14-9-4-7-12(16-14)8-10-14/h1-3,5-6,12,16H,4,7-10H2,(H,15,17). The highest BCUT2D eigenvalue weighted by atomic mass is 16.2. The summed E-state index contributed by atoms with van der Waals surface area (Å²) < 4.78 is 0. The molecule has 2 bridgehead atoms. The third kappa shape index (κ3) is 1.95. The Kier molecular flexibility index (Phi) is 2.63. The molecule has 0 aromatic heterocycles. The summed E-state index contributed by atoms with van der Waals surface area (Å²) in [7, 11) is 0. The van der Waals surface area contributed by atoms with Gasteiger partial charge < -0.3 is 10.6 Å². The lowest BCUT2D eigenvalue weighted by Gasteiger charge is -2.33. The van der Waals surface area contributed by atoms with Crippen LogP contribution in [0.5, 0.6) is 0 Å². The lowest BCUT2D eigenvalue weighted by Crippen LogP contribution is -2.54. The van der Waals surface area contributed by atoms with E-state index in [0.29, 0.717) is 6.04 Å². The normalized spacial score (nSPS) is 31.2. The maximum absolute atomic E-state index is 12.4. The van der Waals surface area contributed by atoms with Crippen molar-refractivity contribution in [3.05, 3.63) is 30.3 Å². The second-order valence-corrected chi connectivity index (χ2v) is 5.17. The van der Waals surface area contributed by atoms with E-state index in [0.717, 1.165) is 24.9 Å². The highest BCUT2D eigenvalue weighted by molar-refractivity contribution is 5.98. The van der Waals surface area contributed by atoms with E-state index in [1.54, 1.807) is 0 Å². The van der Waals surface area contributed by atoms with E-state index in [-0.39, 0.29) is 11.4 Å². The molecular weight excluding hydrogens is 212 g/mol. The van der Waals surface area contributed by atoms with Gasteiger partial charge in [-0.05, 0) is 44.2 Å². The third-order valence-corrected chi connectivity index (χ3v) is 4.02. The quantitative estimate of drug-likeness (QED) is 0.818. The molecule has 3 nitrogen and oxygen atoms in total. The molecule has 0 spiro atoms. The van der Waals surface area contributed by atoms with Crippen molar-refractivity contribution < 1.29 is 4.79 Å². The fourth-order valence-corrected chi connectivity index (χ4v) is 3.08. The molecule has 1 aromatic carbocycles. The molecule has 1 aromatic rings. The molecule has 0 aliphatic carbocycles. The van der Waals surface area contributed by atoms with Gasteiger partial charge in [-0.2, -0.15) is 0 Å². The van der Waals surface area contributed by atoms with Crippen LogP contribution in [0.3, 0.4) is 0 Å². The van der Waals surface area contributed by atoms with E-state index in [4.69, 9.17) is 0 Å². The number of hydrogen-bond donors (Lipinski definition) is 2. The third-order valence-electron chi connectivity index (χ3n) is 4.02. The van der Waals surface area contributed by atoms with Gasteiger partial charge >= 0.3 is 0 Å². The van der Waals surface area contributed by atoms with Crippen LogP contribution in [0.25, 0.3) is 0 Å². The largest absolute Gasteiger partial charge is 0.324 e. The number of carbonyl (C=O) groups excluding carboxylic acids is 1. The predicted molar refractivity (Wildman–Crippen MR) is 67.8 cm³/mol. The molecule has 2 atom stereocenters. The smallest absolute Gasteiger partial charge is 0.244 e. The number of benzene rings is 1. The number of piperidine rings is 1. The molecule has 2 aliphatic rings. The van der Waals surface area contributed by atoms with Gasteiger partial charge in [0.1, 0.15) is 0 Å². The van der Waals surface area contributed by atoms with Crippen LogP contribution in [-0.2, 0) is 4.79 Å². The van der Waals surface area contributed by atoms with Crippen molar-refractivity contribution in [1.82, 2.24) is 5.32 Å². The van der Waals surface area contributed by atoms with Gasteiger partial charge in [-0.1, -0.05) is 18.2 Å².